The first-order chi connectivity index (χ1) is 16.3. The molecular weight excluding hydrogens is 410 g/mol. The van der Waals surface area contributed by atoms with E-state index < -0.39 is 5.97 Å². The number of hydrogen-bond donors (Lipinski definition) is 1. The van der Waals surface area contributed by atoms with Crippen molar-refractivity contribution in [3.05, 3.63) is 0 Å². The summed E-state index contributed by atoms with van der Waals surface area (Å²) >= 11 is 0. The molecule has 0 heterocycles. The molecule has 4 nitrogen and oxygen atoms in total. The smallest absolute Gasteiger partial charge is 0.303 e. The Labute approximate surface area is 205 Å². The normalized spacial score (nSPS) is 10.9. The molecule has 0 aliphatic heterocycles. The van der Waals surface area contributed by atoms with Gasteiger partial charge in [0.25, 0.3) is 0 Å². The summed E-state index contributed by atoms with van der Waals surface area (Å²) in [5.41, 5.74) is 0. The highest BCUT2D eigenvalue weighted by Gasteiger charge is 1.98. The predicted molar refractivity (Wildman–Crippen MR) is 141 cm³/mol. The number of carboxylic acids is 1. The van der Waals surface area contributed by atoms with Crippen LogP contribution in [0.4, 0.5) is 0 Å². The summed E-state index contributed by atoms with van der Waals surface area (Å²) in [5, 5.41) is 8.60. The molecule has 0 aromatic carbocycles. The summed E-state index contributed by atoms with van der Waals surface area (Å²) < 4.78 is 0. The maximum absolute atomic E-state index is 10.4. The monoisotopic (exact) mass is 465 g/mol. The highest BCUT2D eigenvalue weighted by Crippen LogP contribution is 2.16. The Morgan fingerprint density at radius 1 is 0.455 bits per heavy atom. The van der Waals surface area contributed by atoms with Crippen LogP contribution in [0.5, 0.6) is 0 Å². The second-order valence-electron chi connectivity index (χ2n) is 9.96. The molecule has 0 amide bonds. The topological polar surface area (TPSA) is 66.7 Å². The Hall–Kier alpha value is -1.15. The van der Waals surface area contributed by atoms with Crippen molar-refractivity contribution >= 4 is 12.0 Å². The van der Waals surface area contributed by atoms with Crippen molar-refractivity contribution in [1.82, 2.24) is 0 Å². The molecule has 0 radical (unpaired) electrons. The third-order valence-corrected chi connectivity index (χ3v) is 6.73. The molecular formula is C29H55NO3. The molecule has 0 aliphatic carbocycles. The van der Waals surface area contributed by atoms with Crippen molar-refractivity contribution in [3.63, 3.8) is 0 Å². The molecule has 33 heavy (non-hydrogen) atoms. The zero-order valence-electron chi connectivity index (χ0n) is 21.8. The molecule has 0 aromatic heterocycles. The zero-order valence-corrected chi connectivity index (χ0v) is 21.8. The van der Waals surface area contributed by atoms with E-state index >= 15 is 0 Å². The van der Waals surface area contributed by atoms with Crippen LogP contribution in [0.15, 0.2) is 4.99 Å². The van der Waals surface area contributed by atoms with E-state index in [9.17, 15) is 9.59 Å². The molecule has 1 N–H and O–H groups in total. The van der Waals surface area contributed by atoms with Crippen molar-refractivity contribution in [2.45, 2.75) is 167 Å². The van der Waals surface area contributed by atoms with E-state index in [4.69, 9.17) is 5.11 Å². The van der Waals surface area contributed by atoms with Gasteiger partial charge in [0, 0.05) is 6.42 Å². The number of carbonyl (C=O) groups is 1. The number of carbonyl (C=O) groups excluding carboxylic acids is 1. The Morgan fingerprint density at radius 2 is 0.697 bits per heavy atom. The fourth-order valence-corrected chi connectivity index (χ4v) is 4.58. The van der Waals surface area contributed by atoms with Crippen LogP contribution in [0, 0.1) is 0 Å². The third kappa shape index (κ3) is 30.9. The minimum Gasteiger partial charge on any atom is -0.481 e. The second kappa shape index (κ2) is 28.9. The van der Waals surface area contributed by atoms with Gasteiger partial charge < -0.3 is 5.11 Å². The molecule has 0 fully saturated rings. The quantitative estimate of drug-likeness (QED) is 0.0710. The lowest BCUT2D eigenvalue weighted by Crippen LogP contribution is -1.93. The van der Waals surface area contributed by atoms with Crippen LogP contribution in [0.2, 0.25) is 0 Å². The molecule has 4 heteroatoms. The van der Waals surface area contributed by atoms with Gasteiger partial charge in [-0.15, -0.1) is 0 Å². The number of aliphatic carboxylic acids is 1. The Bertz CT molecular complexity index is 420. The van der Waals surface area contributed by atoms with Gasteiger partial charge in [-0.2, -0.15) is 0 Å². The van der Waals surface area contributed by atoms with Crippen LogP contribution in [-0.2, 0) is 9.59 Å². The molecule has 0 unspecified atom stereocenters. The number of isocyanates is 1. The number of nitrogens with zero attached hydrogens (tertiary/aromatic N) is 1. The minimum atomic E-state index is -0.656. The highest BCUT2D eigenvalue weighted by atomic mass is 16.4. The first-order valence-electron chi connectivity index (χ1n) is 14.5. The van der Waals surface area contributed by atoms with Crippen LogP contribution in [0.3, 0.4) is 0 Å². The van der Waals surface area contributed by atoms with Gasteiger partial charge in [-0.05, 0) is 12.8 Å². The Morgan fingerprint density at radius 3 is 0.939 bits per heavy atom. The van der Waals surface area contributed by atoms with Gasteiger partial charge in [0.1, 0.15) is 0 Å². The van der Waals surface area contributed by atoms with Gasteiger partial charge in [0.05, 0.1) is 6.54 Å². The van der Waals surface area contributed by atoms with Gasteiger partial charge >= 0.3 is 5.97 Å². The fourth-order valence-electron chi connectivity index (χ4n) is 4.58. The number of aliphatic imine (C=N–C) groups is 1. The van der Waals surface area contributed by atoms with E-state index in [1.807, 2.05) is 0 Å². The van der Waals surface area contributed by atoms with Gasteiger partial charge in [-0.3, -0.25) is 4.79 Å². The van der Waals surface area contributed by atoms with Gasteiger partial charge in [-0.1, -0.05) is 148 Å². The number of unbranched alkanes of at least 4 members (excludes halogenated alkanes) is 24. The molecule has 0 rings (SSSR count). The molecule has 0 saturated carbocycles. The summed E-state index contributed by atoms with van der Waals surface area (Å²) in [6.07, 6.45) is 35.1. The van der Waals surface area contributed by atoms with E-state index in [2.05, 4.69) is 4.99 Å². The van der Waals surface area contributed by atoms with E-state index in [0.29, 0.717) is 13.0 Å². The highest BCUT2D eigenvalue weighted by molar-refractivity contribution is 5.66. The third-order valence-electron chi connectivity index (χ3n) is 6.73. The van der Waals surface area contributed by atoms with E-state index in [1.165, 1.54) is 141 Å². The summed E-state index contributed by atoms with van der Waals surface area (Å²) in [7, 11) is 0. The molecule has 0 aliphatic rings. The van der Waals surface area contributed by atoms with Gasteiger partial charge in [0.15, 0.2) is 0 Å². The fraction of sp³-hybridized carbons (Fsp3) is 0.931. The maximum atomic E-state index is 10.4. The predicted octanol–water partition coefficient (Wildman–Crippen LogP) is 9.55. The maximum Gasteiger partial charge on any atom is 0.303 e. The van der Waals surface area contributed by atoms with E-state index in [1.54, 1.807) is 6.08 Å². The number of carboxylic acid groups (broad SMARTS) is 1. The molecule has 0 atom stereocenters. The first kappa shape index (κ1) is 31.9. The average molecular weight is 466 g/mol. The summed E-state index contributed by atoms with van der Waals surface area (Å²) in [6.45, 7) is 0.658. The number of rotatable bonds is 28. The lowest BCUT2D eigenvalue weighted by Gasteiger charge is -2.04. The van der Waals surface area contributed by atoms with Gasteiger partial charge in [0.2, 0.25) is 6.08 Å². The largest absolute Gasteiger partial charge is 0.481 e. The summed E-state index contributed by atoms with van der Waals surface area (Å²) in [5.74, 6) is -0.656. The molecule has 0 aromatic rings. The molecule has 0 saturated heterocycles. The van der Waals surface area contributed by atoms with Crippen LogP contribution < -0.4 is 0 Å². The summed E-state index contributed by atoms with van der Waals surface area (Å²) in [4.78, 5) is 24.0. The van der Waals surface area contributed by atoms with Crippen LogP contribution >= 0.6 is 0 Å². The molecule has 0 spiro atoms. The van der Waals surface area contributed by atoms with Crippen molar-refractivity contribution in [2.24, 2.45) is 4.99 Å². The zero-order chi connectivity index (χ0) is 24.1. The minimum absolute atomic E-state index is 0.338. The molecule has 0 bridgehead atoms. The van der Waals surface area contributed by atoms with Crippen molar-refractivity contribution < 1.29 is 14.7 Å². The Balaban J connectivity index is 3.02. The number of hydrogen-bond acceptors (Lipinski definition) is 3. The van der Waals surface area contributed by atoms with Crippen LogP contribution in [0.1, 0.15) is 167 Å². The lowest BCUT2D eigenvalue weighted by molar-refractivity contribution is -0.137. The lowest BCUT2D eigenvalue weighted by atomic mass is 10.0. The van der Waals surface area contributed by atoms with E-state index in [-0.39, 0.29) is 0 Å². The second-order valence-corrected chi connectivity index (χ2v) is 9.96. The van der Waals surface area contributed by atoms with Crippen LogP contribution in [0.25, 0.3) is 0 Å². The van der Waals surface area contributed by atoms with E-state index in [0.717, 1.165) is 19.3 Å². The summed E-state index contributed by atoms with van der Waals surface area (Å²) in [6, 6.07) is 0. The average Bonchev–Trinajstić information content (AvgIpc) is 2.80. The van der Waals surface area contributed by atoms with Crippen molar-refractivity contribution in [3.8, 4) is 0 Å². The van der Waals surface area contributed by atoms with Crippen molar-refractivity contribution in [2.75, 3.05) is 6.54 Å². The van der Waals surface area contributed by atoms with Gasteiger partial charge in [-0.25, -0.2) is 9.79 Å². The standard InChI is InChI=1S/C29H55NO3/c31-28-30-27-25-23-21-19-17-15-13-11-9-7-5-3-1-2-4-6-8-10-12-14-16-18-20-22-24-26-29(32)33/h1-27H2,(H,32,33). The van der Waals surface area contributed by atoms with Crippen molar-refractivity contribution in [1.29, 1.82) is 0 Å². The SMILES string of the molecule is O=C=NCCCCCCCCCCCCCCCCCCCCCCCCCCCC(=O)O. The molecule has 194 valence electrons. The first-order valence-corrected chi connectivity index (χ1v) is 14.5. The van der Waals surface area contributed by atoms with Crippen LogP contribution in [-0.4, -0.2) is 23.7 Å². The Kier molecular flexibility index (Phi) is 27.9.